The van der Waals surface area contributed by atoms with Crippen LogP contribution in [-0.4, -0.2) is 36.1 Å². The zero-order valence-electron chi connectivity index (χ0n) is 13.4. The first-order valence-corrected chi connectivity index (χ1v) is 8.03. The van der Waals surface area contributed by atoms with E-state index >= 15 is 0 Å². The summed E-state index contributed by atoms with van der Waals surface area (Å²) in [7, 11) is 1.77. The summed E-state index contributed by atoms with van der Waals surface area (Å²) in [5.74, 6) is -0.142. The summed E-state index contributed by atoms with van der Waals surface area (Å²) in [6.45, 7) is 2.68. The number of phenols is 1. The average molecular weight is 310 g/mol. The zero-order valence-corrected chi connectivity index (χ0v) is 13.4. The van der Waals surface area contributed by atoms with Crippen LogP contribution in [0.25, 0.3) is 0 Å². The molecule has 1 N–H and O–H groups in total. The van der Waals surface area contributed by atoms with Gasteiger partial charge >= 0.3 is 0 Å². The van der Waals surface area contributed by atoms with Crippen molar-refractivity contribution in [2.45, 2.75) is 19.4 Å². The van der Waals surface area contributed by atoms with Crippen LogP contribution in [0.3, 0.4) is 0 Å². The summed E-state index contributed by atoms with van der Waals surface area (Å²) in [5.41, 5.74) is 2.69. The van der Waals surface area contributed by atoms with Gasteiger partial charge in [-0.15, -0.1) is 0 Å². The number of nitrogens with zero attached hydrogens (tertiary/aromatic N) is 2. The smallest absolute Gasteiger partial charge is 0.257 e. The Morgan fingerprint density at radius 3 is 2.48 bits per heavy atom. The molecular formula is C19H22N2O2. The molecular weight excluding hydrogens is 288 g/mol. The molecule has 4 nitrogen and oxygen atoms in total. The van der Waals surface area contributed by atoms with Crippen molar-refractivity contribution in [1.29, 1.82) is 0 Å². The second-order valence-electron chi connectivity index (χ2n) is 6.00. The topological polar surface area (TPSA) is 43.8 Å². The molecule has 3 rings (SSSR count). The number of carbonyl (C=O) groups excluding carboxylic acids is 1. The van der Waals surface area contributed by atoms with Crippen molar-refractivity contribution in [3.63, 3.8) is 0 Å². The van der Waals surface area contributed by atoms with E-state index in [0.717, 1.165) is 18.7 Å². The number of rotatable bonds is 4. The summed E-state index contributed by atoms with van der Waals surface area (Å²) in [6, 6.07) is 14.9. The van der Waals surface area contributed by atoms with Crippen molar-refractivity contribution in [3.8, 4) is 5.75 Å². The van der Waals surface area contributed by atoms with Crippen LogP contribution < -0.4 is 4.90 Å². The fourth-order valence-electron chi connectivity index (χ4n) is 3.10. The van der Waals surface area contributed by atoms with Gasteiger partial charge in [0.2, 0.25) is 0 Å². The minimum Gasteiger partial charge on any atom is -0.507 e. The van der Waals surface area contributed by atoms with Gasteiger partial charge in [-0.2, -0.15) is 0 Å². The van der Waals surface area contributed by atoms with Gasteiger partial charge in [-0.3, -0.25) is 4.79 Å². The van der Waals surface area contributed by atoms with E-state index in [0.29, 0.717) is 12.1 Å². The predicted octanol–water partition coefficient (Wildman–Crippen LogP) is 3.26. The highest BCUT2D eigenvalue weighted by Gasteiger charge is 2.19. The summed E-state index contributed by atoms with van der Waals surface area (Å²) in [5, 5.41) is 9.87. The fraction of sp³-hybridized carbons (Fsp3) is 0.316. The van der Waals surface area contributed by atoms with Gasteiger partial charge in [-0.1, -0.05) is 30.3 Å². The van der Waals surface area contributed by atoms with E-state index in [1.165, 1.54) is 18.5 Å². The van der Waals surface area contributed by atoms with Gasteiger partial charge in [0.05, 0.1) is 5.56 Å². The number of aromatic hydroxyl groups is 1. The lowest BCUT2D eigenvalue weighted by Gasteiger charge is -2.24. The molecule has 1 fully saturated rings. The van der Waals surface area contributed by atoms with E-state index in [1.807, 2.05) is 12.1 Å². The maximum atomic E-state index is 12.6. The first kappa shape index (κ1) is 15.4. The van der Waals surface area contributed by atoms with Gasteiger partial charge in [0.25, 0.3) is 5.91 Å². The Morgan fingerprint density at radius 1 is 1.09 bits per heavy atom. The largest absolute Gasteiger partial charge is 0.507 e. The third kappa shape index (κ3) is 3.31. The molecule has 0 atom stereocenters. The number of carbonyl (C=O) groups is 1. The number of benzene rings is 2. The molecule has 0 aliphatic carbocycles. The van der Waals surface area contributed by atoms with Crippen LogP contribution in [0.4, 0.5) is 5.69 Å². The minimum atomic E-state index is -0.167. The molecule has 0 bridgehead atoms. The number of amides is 1. The van der Waals surface area contributed by atoms with Crippen LogP contribution in [0.15, 0.2) is 48.5 Å². The highest BCUT2D eigenvalue weighted by Crippen LogP contribution is 2.26. The molecule has 120 valence electrons. The second kappa shape index (κ2) is 6.73. The maximum absolute atomic E-state index is 12.6. The van der Waals surface area contributed by atoms with E-state index in [1.54, 1.807) is 36.2 Å². The van der Waals surface area contributed by atoms with E-state index in [-0.39, 0.29) is 11.7 Å². The molecule has 4 heteroatoms. The van der Waals surface area contributed by atoms with Gasteiger partial charge in [0.15, 0.2) is 0 Å². The number of hydrogen-bond acceptors (Lipinski definition) is 3. The quantitative estimate of drug-likeness (QED) is 0.942. The third-order valence-electron chi connectivity index (χ3n) is 4.33. The van der Waals surface area contributed by atoms with Gasteiger partial charge in [-0.25, -0.2) is 0 Å². The second-order valence-corrected chi connectivity index (χ2v) is 6.00. The van der Waals surface area contributed by atoms with Crippen molar-refractivity contribution in [3.05, 3.63) is 59.7 Å². The van der Waals surface area contributed by atoms with Crippen molar-refractivity contribution in [1.82, 2.24) is 4.90 Å². The van der Waals surface area contributed by atoms with Crippen molar-refractivity contribution < 1.29 is 9.90 Å². The number of anilines is 1. The predicted molar refractivity (Wildman–Crippen MR) is 91.8 cm³/mol. The van der Waals surface area contributed by atoms with E-state index in [2.05, 4.69) is 17.0 Å². The molecule has 1 saturated heterocycles. The SMILES string of the molecule is CN(Cc1ccccc1N1CCCC1)C(=O)c1ccccc1O. The van der Waals surface area contributed by atoms with Crippen LogP contribution in [0, 0.1) is 0 Å². The van der Waals surface area contributed by atoms with Gasteiger partial charge in [0.1, 0.15) is 5.75 Å². The fourth-order valence-corrected chi connectivity index (χ4v) is 3.10. The summed E-state index contributed by atoms with van der Waals surface area (Å²) >= 11 is 0. The summed E-state index contributed by atoms with van der Waals surface area (Å²) in [4.78, 5) is 16.6. The van der Waals surface area contributed by atoms with Crippen LogP contribution >= 0.6 is 0 Å². The number of phenolic OH excluding ortho intramolecular Hbond substituents is 1. The van der Waals surface area contributed by atoms with Crippen molar-refractivity contribution in [2.24, 2.45) is 0 Å². The Kier molecular flexibility index (Phi) is 4.51. The Morgan fingerprint density at radius 2 is 1.74 bits per heavy atom. The first-order chi connectivity index (χ1) is 11.2. The molecule has 1 aliphatic rings. The van der Waals surface area contributed by atoms with Crippen LogP contribution in [-0.2, 0) is 6.54 Å². The molecule has 0 unspecified atom stereocenters. The maximum Gasteiger partial charge on any atom is 0.257 e. The lowest BCUT2D eigenvalue weighted by Crippen LogP contribution is -2.28. The standard InChI is InChI=1S/C19H22N2O2/c1-20(19(23)16-9-3-5-11-18(16)22)14-15-8-2-4-10-17(15)21-12-6-7-13-21/h2-5,8-11,22H,6-7,12-14H2,1H3. The molecule has 2 aromatic carbocycles. The molecule has 1 aliphatic heterocycles. The summed E-state index contributed by atoms with van der Waals surface area (Å²) in [6.07, 6.45) is 2.45. The van der Waals surface area contributed by atoms with Crippen LogP contribution in [0.1, 0.15) is 28.8 Å². The molecule has 0 spiro atoms. The highest BCUT2D eigenvalue weighted by atomic mass is 16.3. The first-order valence-electron chi connectivity index (χ1n) is 8.03. The minimum absolute atomic E-state index is 0.0252. The number of para-hydroxylation sites is 2. The van der Waals surface area contributed by atoms with Crippen LogP contribution in [0.2, 0.25) is 0 Å². The highest BCUT2D eigenvalue weighted by molar-refractivity contribution is 5.96. The zero-order chi connectivity index (χ0) is 16.2. The van der Waals surface area contributed by atoms with E-state index < -0.39 is 0 Å². The molecule has 0 aromatic heterocycles. The summed E-state index contributed by atoms with van der Waals surface area (Å²) < 4.78 is 0. The molecule has 1 heterocycles. The molecule has 0 radical (unpaired) electrons. The normalized spacial score (nSPS) is 14.0. The lowest BCUT2D eigenvalue weighted by atomic mass is 10.1. The monoisotopic (exact) mass is 310 g/mol. The Labute approximate surface area is 137 Å². The lowest BCUT2D eigenvalue weighted by molar-refractivity contribution is 0.0782. The molecule has 1 amide bonds. The van der Waals surface area contributed by atoms with E-state index in [9.17, 15) is 9.90 Å². The third-order valence-corrected chi connectivity index (χ3v) is 4.33. The molecule has 23 heavy (non-hydrogen) atoms. The van der Waals surface area contributed by atoms with Crippen LogP contribution in [0.5, 0.6) is 5.75 Å². The van der Waals surface area contributed by atoms with Gasteiger partial charge in [-0.05, 0) is 36.6 Å². The number of hydrogen-bond donors (Lipinski definition) is 1. The molecule has 2 aromatic rings. The Balaban J connectivity index is 1.79. The van der Waals surface area contributed by atoms with Crippen molar-refractivity contribution >= 4 is 11.6 Å². The van der Waals surface area contributed by atoms with E-state index in [4.69, 9.17) is 0 Å². The van der Waals surface area contributed by atoms with Gasteiger partial charge in [0, 0.05) is 32.4 Å². The molecule has 0 saturated carbocycles. The average Bonchev–Trinajstić information content (AvgIpc) is 3.09. The van der Waals surface area contributed by atoms with Gasteiger partial charge < -0.3 is 14.9 Å². The Hall–Kier alpha value is -2.49. The Bertz CT molecular complexity index is 693. The van der Waals surface area contributed by atoms with Crippen molar-refractivity contribution in [2.75, 3.05) is 25.0 Å².